The average molecular weight is 331 g/mol. The number of nitrogens with one attached hydrogen (secondary N) is 2. The van der Waals surface area contributed by atoms with Gasteiger partial charge in [-0.15, -0.1) is 0 Å². The molecule has 1 heterocycles. The SMILES string of the molecule is CC(=O)Nc1cc(NC(C)=O)cc(C(=O)N2CCCC(C)CC2)c1. The smallest absolute Gasteiger partial charge is 0.254 e. The van der Waals surface area contributed by atoms with E-state index in [2.05, 4.69) is 17.6 Å². The van der Waals surface area contributed by atoms with Gasteiger partial charge in [-0.25, -0.2) is 0 Å². The van der Waals surface area contributed by atoms with Crippen molar-refractivity contribution in [3.63, 3.8) is 0 Å². The van der Waals surface area contributed by atoms with Gasteiger partial charge in [0.15, 0.2) is 0 Å². The third-order valence-corrected chi connectivity index (χ3v) is 4.12. The molecule has 1 atom stereocenters. The molecule has 6 heteroatoms. The van der Waals surface area contributed by atoms with Crippen molar-refractivity contribution in [2.45, 2.75) is 40.0 Å². The van der Waals surface area contributed by atoms with E-state index in [0.29, 0.717) is 22.9 Å². The van der Waals surface area contributed by atoms with Crippen LogP contribution in [0.15, 0.2) is 18.2 Å². The highest BCUT2D eigenvalue weighted by atomic mass is 16.2. The molecule has 3 amide bonds. The van der Waals surface area contributed by atoms with E-state index >= 15 is 0 Å². The molecule has 0 spiro atoms. The number of amides is 3. The van der Waals surface area contributed by atoms with Crippen LogP contribution in [0, 0.1) is 5.92 Å². The van der Waals surface area contributed by atoms with Crippen LogP contribution in [0.1, 0.15) is 50.4 Å². The second kappa shape index (κ2) is 7.95. The first-order valence-electron chi connectivity index (χ1n) is 8.34. The second-order valence-electron chi connectivity index (χ2n) is 6.49. The topological polar surface area (TPSA) is 78.5 Å². The minimum absolute atomic E-state index is 0.0668. The molecule has 1 aromatic carbocycles. The van der Waals surface area contributed by atoms with Gasteiger partial charge >= 0.3 is 0 Å². The van der Waals surface area contributed by atoms with E-state index in [9.17, 15) is 14.4 Å². The summed E-state index contributed by atoms with van der Waals surface area (Å²) in [5, 5.41) is 5.35. The summed E-state index contributed by atoms with van der Waals surface area (Å²) in [4.78, 5) is 37.3. The molecule has 1 aromatic rings. The Balaban J connectivity index is 2.27. The minimum atomic E-state index is -0.225. The Labute approximate surface area is 142 Å². The van der Waals surface area contributed by atoms with Gasteiger partial charge in [0.25, 0.3) is 5.91 Å². The van der Waals surface area contributed by atoms with Crippen LogP contribution in [-0.4, -0.2) is 35.7 Å². The lowest BCUT2D eigenvalue weighted by Gasteiger charge is -2.21. The summed E-state index contributed by atoms with van der Waals surface area (Å²) in [7, 11) is 0. The quantitative estimate of drug-likeness (QED) is 0.894. The van der Waals surface area contributed by atoms with Crippen LogP contribution in [0.4, 0.5) is 11.4 Å². The van der Waals surface area contributed by atoms with Crippen LogP contribution >= 0.6 is 0 Å². The Morgan fingerprint density at radius 1 is 0.958 bits per heavy atom. The summed E-state index contributed by atoms with van der Waals surface area (Å²) in [5.41, 5.74) is 1.47. The van der Waals surface area contributed by atoms with Crippen molar-refractivity contribution in [2.24, 2.45) is 5.92 Å². The van der Waals surface area contributed by atoms with Gasteiger partial charge in [0, 0.05) is 43.9 Å². The molecule has 1 aliphatic rings. The maximum absolute atomic E-state index is 12.8. The van der Waals surface area contributed by atoms with Gasteiger partial charge < -0.3 is 15.5 Å². The Kier molecular flexibility index (Phi) is 5.95. The number of benzene rings is 1. The summed E-state index contributed by atoms with van der Waals surface area (Å²) in [6, 6.07) is 4.96. The highest BCUT2D eigenvalue weighted by Crippen LogP contribution is 2.23. The third-order valence-electron chi connectivity index (χ3n) is 4.12. The number of carbonyl (C=O) groups is 3. The molecule has 24 heavy (non-hydrogen) atoms. The van der Waals surface area contributed by atoms with Crippen LogP contribution in [0.3, 0.4) is 0 Å². The molecule has 0 saturated carbocycles. The molecule has 1 fully saturated rings. The first-order chi connectivity index (χ1) is 11.3. The molecule has 0 aliphatic carbocycles. The molecule has 1 unspecified atom stereocenters. The van der Waals surface area contributed by atoms with Crippen LogP contribution in [0.5, 0.6) is 0 Å². The number of hydrogen-bond donors (Lipinski definition) is 2. The van der Waals surface area contributed by atoms with Crippen molar-refractivity contribution in [3.8, 4) is 0 Å². The Morgan fingerprint density at radius 2 is 1.54 bits per heavy atom. The Bertz CT molecular complexity index is 608. The van der Waals surface area contributed by atoms with Crippen molar-refractivity contribution >= 4 is 29.1 Å². The predicted octanol–water partition coefficient (Wildman–Crippen LogP) is 2.87. The zero-order valence-electron chi connectivity index (χ0n) is 14.5. The lowest BCUT2D eigenvalue weighted by molar-refractivity contribution is -0.115. The Morgan fingerprint density at radius 3 is 2.08 bits per heavy atom. The minimum Gasteiger partial charge on any atom is -0.339 e. The van der Waals surface area contributed by atoms with Crippen LogP contribution < -0.4 is 10.6 Å². The molecule has 6 nitrogen and oxygen atoms in total. The summed E-state index contributed by atoms with van der Waals surface area (Å²) >= 11 is 0. The molecule has 130 valence electrons. The second-order valence-corrected chi connectivity index (χ2v) is 6.49. The third kappa shape index (κ3) is 5.08. The van der Waals surface area contributed by atoms with Crippen LogP contribution in [-0.2, 0) is 9.59 Å². The highest BCUT2D eigenvalue weighted by molar-refractivity contribution is 6.00. The first-order valence-corrected chi connectivity index (χ1v) is 8.34. The fraction of sp³-hybridized carbons (Fsp3) is 0.500. The van der Waals surface area contributed by atoms with Gasteiger partial charge in [0.05, 0.1) is 0 Å². The summed E-state index contributed by atoms with van der Waals surface area (Å²) in [6.07, 6.45) is 3.12. The molecule has 2 N–H and O–H groups in total. The number of nitrogens with zero attached hydrogens (tertiary/aromatic N) is 1. The van der Waals surface area contributed by atoms with Crippen molar-refractivity contribution in [2.75, 3.05) is 23.7 Å². The molecule has 2 rings (SSSR count). The lowest BCUT2D eigenvalue weighted by atomic mass is 10.0. The fourth-order valence-electron chi connectivity index (χ4n) is 2.95. The molecule has 0 radical (unpaired) electrons. The molecular weight excluding hydrogens is 306 g/mol. The molecule has 0 aromatic heterocycles. The largest absolute Gasteiger partial charge is 0.339 e. The average Bonchev–Trinajstić information content (AvgIpc) is 2.69. The van der Waals surface area contributed by atoms with E-state index in [4.69, 9.17) is 0 Å². The van der Waals surface area contributed by atoms with Crippen LogP contribution in [0.2, 0.25) is 0 Å². The number of rotatable bonds is 3. The monoisotopic (exact) mass is 331 g/mol. The maximum atomic E-state index is 12.8. The summed E-state index contributed by atoms with van der Waals surface area (Å²) < 4.78 is 0. The van der Waals surface area contributed by atoms with Gasteiger partial charge in [0.2, 0.25) is 11.8 Å². The lowest BCUT2D eigenvalue weighted by Crippen LogP contribution is -2.32. The standard InChI is InChI=1S/C18H25N3O3/c1-12-5-4-7-21(8-6-12)18(24)15-9-16(19-13(2)22)11-17(10-15)20-14(3)23/h9-12H,4-8H2,1-3H3,(H,19,22)(H,20,23). The van der Waals surface area contributed by atoms with Gasteiger partial charge in [-0.2, -0.15) is 0 Å². The highest BCUT2D eigenvalue weighted by Gasteiger charge is 2.20. The van der Waals surface area contributed by atoms with E-state index < -0.39 is 0 Å². The van der Waals surface area contributed by atoms with Gasteiger partial charge in [-0.1, -0.05) is 6.92 Å². The van der Waals surface area contributed by atoms with Crippen molar-refractivity contribution in [3.05, 3.63) is 23.8 Å². The molecular formula is C18H25N3O3. The maximum Gasteiger partial charge on any atom is 0.254 e. The predicted molar refractivity (Wildman–Crippen MR) is 94.0 cm³/mol. The van der Waals surface area contributed by atoms with Crippen molar-refractivity contribution < 1.29 is 14.4 Å². The molecule has 1 saturated heterocycles. The number of likely N-dealkylation sites (tertiary alicyclic amines) is 1. The molecule has 0 bridgehead atoms. The zero-order chi connectivity index (χ0) is 17.7. The Hall–Kier alpha value is -2.37. The molecule has 1 aliphatic heterocycles. The van der Waals surface area contributed by atoms with E-state index in [-0.39, 0.29) is 17.7 Å². The van der Waals surface area contributed by atoms with Crippen molar-refractivity contribution in [1.29, 1.82) is 0 Å². The van der Waals surface area contributed by atoms with Crippen molar-refractivity contribution in [1.82, 2.24) is 4.90 Å². The normalized spacial score (nSPS) is 17.8. The van der Waals surface area contributed by atoms with E-state index in [0.717, 1.165) is 32.4 Å². The van der Waals surface area contributed by atoms with E-state index in [1.54, 1.807) is 18.2 Å². The number of hydrogen-bond acceptors (Lipinski definition) is 3. The van der Waals surface area contributed by atoms with E-state index in [1.165, 1.54) is 13.8 Å². The first kappa shape index (κ1) is 18.0. The zero-order valence-corrected chi connectivity index (χ0v) is 14.5. The van der Waals surface area contributed by atoms with Crippen LogP contribution in [0.25, 0.3) is 0 Å². The number of carbonyl (C=O) groups excluding carboxylic acids is 3. The van der Waals surface area contributed by atoms with Gasteiger partial charge in [-0.3, -0.25) is 14.4 Å². The summed E-state index contributed by atoms with van der Waals surface area (Å²) in [6.45, 7) is 6.49. The van der Waals surface area contributed by atoms with Gasteiger partial charge in [0.1, 0.15) is 0 Å². The van der Waals surface area contributed by atoms with Gasteiger partial charge in [-0.05, 0) is 43.4 Å². The number of anilines is 2. The summed E-state index contributed by atoms with van der Waals surface area (Å²) in [5.74, 6) is 0.111. The fourth-order valence-corrected chi connectivity index (χ4v) is 2.95. The van der Waals surface area contributed by atoms with E-state index in [1.807, 2.05) is 4.90 Å².